The fourth-order valence-electron chi connectivity index (χ4n) is 1.91. The summed E-state index contributed by atoms with van der Waals surface area (Å²) in [4.78, 5) is 14.4. The molecule has 0 atom stereocenters. The summed E-state index contributed by atoms with van der Waals surface area (Å²) in [6.45, 7) is 0.740. The van der Waals surface area contributed by atoms with Gasteiger partial charge in [0.1, 0.15) is 6.61 Å². The van der Waals surface area contributed by atoms with Crippen molar-refractivity contribution in [2.24, 2.45) is 0 Å². The van der Waals surface area contributed by atoms with Gasteiger partial charge in [-0.15, -0.1) is 4.73 Å². The number of methoxy groups -OCH3 is 1. The van der Waals surface area contributed by atoms with Crippen LogP contribution < -0.4 is 15.3 Å². The maximum atomic E-state index is 11.7. The largest absolute Gasteiger partial charge is 0.460 e. The van der Waals surface area contributed by atoms with Crippen LogP contribution in [-0.4, -0.2) is 46.4 Å². The van der Waals surface area contributed by atoms with Gasteiger partial charge in [-0.3, -0.25) is 10.0 Å². The van der Waals surface area contributed by atoms with Crippen LogP contribution in [0, 0.1) is 11.3 Å². The van der Waals surface area contributed by atoms with Crippen LogP contribution >= 0.6 is 0 Å². The molecule has 0 amide bonds. The Morgan fingerprint density at radius 1 is 1.55 bits per heavy atom. The van der Waals surface area contributed by atoms with Crippen molar-refractivity contribution in [2.45, 2.75) is 0 Å². The molecule has 0 unspecified atom stereocenters. The lowest BCUT2D eigenvalue weighted by atomic mass is 10.2. The van der Waals surface area contributed by atoms with Crippen molar-refractivity contribution >= 4 is 16.9 Å². The molecule has 9 nitrogen and oxygen atoms in total. The van der Waals surface area contributed by atoms with E-state index in [0.29, 0.717) is 17.9 Å². The highest BCUT2D eigenvalue weighted by Crippen LogP contribution is 2.10. The normalized spacial score (nSPS) is 11.5. The maximum absolute atomic E-state index is 11.7. The zero-order valence-electron chi connectivity index (χ0n) is 11.6. The number of nitriles is 1. The van der Waals surface area contributed by atoms with Gasteiger partial charge < -0.3 is 15.1 Å². The second-order valence-electron chi connectivity index (χ2n) is 4.36. The van der Waals surface area contributed by atoms with E-state index in [1.54, 1.807) is 0 Å². The number of rotatable bonds is 4. The summed E-state index contributed by atoms with van der Waals surface area (Å²) >= 11 is 0. The fraction of sp³-hybridized carbons (Fsp3) is 0.231. The van der Waals surface area contributed by atoms with Crippen molar-refractivity contribution in [2.75, 3.05) is 20.3 Å². The van der Waals surface area contributed by atoms with E-state index >= 15 is 0 Å². The van der Waals surface area contributed by atoms with Crippen molar-refractivity contribution < 1.29 is 30.0 Å². The van der Waals surface area contributed by atoms with Crippen LogP contribution in [0.1, 0.15) is 11.3 Å². The molecule has 0 radical (unpaired) electrons. The minimum Gasteiger partial charge on any atom is -0.460 e. The summed E-state index contributed by atoms with van der Waals surface area (Å²) in [6, 6.07) is 5.61. The van der Waals surface area contributed by atoms with E-state index in [2.05, 4.69) is 4.99 Å². The Morgan fingerprint density at radius 3 is 2.91 bits per heavy atom. The second kappa shape index (κ2) is 6.11. The molecule has 4 N–H and O–H groups in total. The minimum absolute atomic E-state index is 0.0343. The van der Waals surface area contributed by atoms with Gasteiger partial charge >= 0.3 is 17.2 Å². The number of benzene rings is 1. The first-order valence-corrected chi connectivity index (χ1v) is 6.23. The Kier molecular flexibility index (Phi) is 4.24. The molecule has 0 aliphatic heterocycles. The minimum atomic E-state index is -1.07. The van der Waals surface area contributed by atoms with Gasteiger partial charge in [-0.1, -0.05) is 0 Å². The summed E-state index contributed by atoms with van der Waals surface area (Å²) < 4.78 is 5.47. The highest BCUT2D eigenvalue weighted by atomic mass is 16.5. The van der Waals surface area contributed by atoms with Crippen LogP contribution in [0.5, 0.6) is 0 Å². The molecule has 9 heteroatoms. The SMILES string of the molecule is COCC[NH+]=C(O)c1ccc2c(c1)n(O)c(=O)c(C#N)[n+]2O. The van der Waals surface area contributed by atoms with E-state index < -0.39 is 11.3 Å². The van der Waals surface area contributed by atoms with Gasteiger partial charge in [0.25, 0.3) is 5.52 Å². The van der Waals surface area contributed by atoms with E-state index in [0.717, 1.165) is 0 Å². The van der Waals surface area contributed by atoms with Gasteiger partial charge in [0.05, 0.1) is 5.56 Å². The van der Waals surface area contributed by atoms with Crippen molar-refractivity contribution in [1.82, 2.24) is 4.73 Å². The quantitative estimate of drug-likeness (QED) is 0.164. The molecule has 0 saturated heterocycles. The molecule has 2 aromatic rings. The summed E-state index contributed by atoms with van der Waals surface area (Å²) in [5.74, 6) is -0.180. The third kappa shape index (κ3) is 2.55. The Hall–Kier alpha value is -3.12. The van der Waals surface area contributed by atoms with Crippen LogP contribution in [0.4, 0.5) is 0 Å². The predicted molar refractivity (Wildman–Crippen MR) is 71.9 cm³/mol. The molecule has 0 bridgehead atoms. The zero-order valence-corrected chi connectivity index (χ0v) is 11.6. The van der Waals surface area contributed by atoms with Crippen molar-refractivity contribution in [3.8, 4) is 6.07 Å². The molecule has 1 aromatic heterocycles. The third-order valence-electron chi connectivity index (χ3n) is 3.02. The lowest BCUT2D eigenvalue weighted by Crippen LogP contribution is -2.74. The van der Waals surface area contributed by atoms with E-state index in [1.807, 2.05) is 0 Å². The average molecular weight is 306 g/mol. The van der Waals surface area contributed by atoms with Gasteiger partial charge in [0.2, 0.25) is 0 Å². The summed E-state index contributed by atoms with van der Waals surface area (Å²) in [7, 11) is 1.52. The van der Waals surface area contributed by atoms with Crippen LogP contribution in [0.3, 0.4) is 0 Å². The molecule has 0 aliphatic rings. The monoisotopic (exact) mass is 306 g/mol. The first kappa shape index (κ1) is 15.3. The van der Waals surface area contributed by atoms with Gasteiger partial charge in [-0.2, -0.15) is 5.26 Å². The maximum Gasteiger partial charge on any atom is 0.401 e. The number of fused-ring (bicyclic) bond motifs is 1. The van der Waals surface area contributed by atoms with Gasteiger partial charge in [0, 0.05) is 17.9 Å². The molecule has 22 heavy (non-hydrogen) atoms. The molecule has 0 aliphatic carbocycles. The number of hydrogen-bond acceptors (Lipinski definition) is 5. The Labute approximate surface area is 124 Å². The fourth-order valence-corrected chi connectivity index (χ4v) is 1.91. The molecule has 0 saturated carbocycles. The third-order valence-corrected chi connectivity index (χ3v) is 3.02. The van der Waals surface area contributed by atoms with E-state index in [9.17, 15) is 20.3 Å². The Balaban J connectivity index is 2.61. The average Bonchev–Trinajstić information content (AvgIpc) is 2.53. The van der Waals surface area contributed by atoms with Crippen LogP contribution in [0.15, 0.2) is 23.0 Å². The Bertz CT molecular complexity index is 850. The highest BCUT2D eigenvalue weighted by molar-refractivity contribution is 5.91. The number of aliphatic hydroxyl groups excluding tert-OH is 1. The van der Waals surface area contributed by atoms with Gasteiger partial charge in [-0.25, -0.2) is 4.99 Å². The Morgan fingerprint density at radius 2 is 2.27 bits per heavy atom. The second-order valence-corrected chi connectivity index (χ2v) is 4.36. The van der Waals surface area contributed by atoms with Crippen LogP contribution in [-0.2, 0) is 4.74 Å². The molecule has 0 spiro atoms. The summed E-state index contributed by atoms with van der Waals surface area (Å²) in [5.41, 5.74) is -1.44. The predicted octanol–water partition coefficient (Wildman–Crippen LogP) is -2.33. The smallest absolute Gasteiger partial charge is 0.401 e. The zero-order chi connectivity index (χ0) is 16.3. The van der Waals surface area contributed by atoms with Crippen molar-refractivity contribution in [3.63, 3.8) is 0 Å². The molecular formula is C13H14N4O5+2. The van der Waals surface area contributed by atoms with Crippen molar-refractivity contribution in [3.05, 3.63) is 39.8 Å². The van der Waals surface area contributed by atoms with Gasteiger partial charge in [0.15, 0.2) is 18.1 Å². The number of ether oxygens (including phenoxy) is 1. The van der Waals surface area contributed by atoms with Crippen LogP contribution in [0.25, 0.3) is 11.0 Å². The van der Waals surface area contributed by atoms with Crippen molar-refractivity contribution in [1.29, 1.82) is 5.26 Å². The first-order valence-electron chi connectivity index (χ1n) is 6.23. The first-order chi connectivity index (χ1) is 10.5. The number of aliphatic hydroxyl groups is 1. The molecule has 1 aromatic carbocycles. The molecule has 2 rings (SSSR count). The standard InChI is InChI=1S/C13H12N4O5/c1-22-5-4-15-12(18)8-2-3-9-10(6-8)17(21)13(19)11(7-14)16(9)20/h2-3,6,21H,4-5H2,1H3,(H-,15,18,19,20)/p+2. The summed E-state index contributed by atoms with van der Waals surface area (Å²) in [6.07, 6.45) is 0. The number of aromatic nitrogens is 2. The molecule has 0 fully saturated rings. The van der Waals surface area contributed by atoms with Gasteiger partial charge in [-0.05, 0) is 12.1 Å². The lowest BCUT2D eigenvalue weighted by molar-refractivity contribution is -0.887. The van der Waals surface area contributed by atoms with E-state index in [1.165, 1.54) is 31.4 Å². The number of nitrogens with one attached hydrogen (secondary N) is 1. The number of hydrogen-bond donors (Lipinski definition) is 4. The van der Waals surface area contributed by atoms with E-state index in [4.69, 9.17) is 10.00 Å². The summed E-state index contributed by atoms with van der Waals surface area (Å²) in [5, 5.41) is 38.4. The highest BCUT2D eigenvalue weighted by Gasteiger charge is 2.25. The lowest BCUT2D eigenvalue weighted by Gasteiger charge is -2.01. The number of nitrogens with zero attached hydrogens (tertiary/aromatic N) is 3. The van der Waals surface area contributed by atoms with E-state index in [-0.39, 0.29) is 27.2 Å². The topological polar surface area (TPSA) is 134 Å². The molecule has 1 heterocycles. The molecular weight excluding hydrogens is 292 g/mol. The molecule has 114 valence electrons. The van der Waals surface area contributed by atoms with Crippen LogP contribution in [0.2, 0.25) is 0 Å².